The predicted molar refractivity (Wildman–Crippen MR) is 415 cm³/mol. The van der Waals surface area contributed by atoms with Crippen molar-refractivity contribution in [3.8, 4) is 0 Å². The number of aldehydes is 1. The Morgan fingerprint density at radius 1 is 0.363 bits per heavy atom. The molecule has 2 rings (SSSR count). The van der Waals surface area contributed by atoms with Gasteiger partial charge in [-0.3, -0.25) is 86.3 Å². The number of hydrogen-bond acceptors (Lipinski definition) is 19. The quantitative estimate of drug-likeness (QED) is 0.0299. The zero-order valence-corrected chi connectivity index (χ0v) is 68.5. The molecule has 0 aliphatic rings. The SMILES string of the molecule is CC(=O)N[C@@H](Cc1c[nH]c2ccccc12)C(=O)N[C@@H](C)C(=O)NC(C)(C)C(=O)NC(C)(C)C(=O)N[C@@H](CC(C)C)C(=O)NC(C)(C)C(=O)N[C@@H](CCC(N)=O)C(=O)NC(C)(C)C(=O)NC(C)(C)C(=O)N[C@@H](C)C(=O)N[C@@H](CCC(N)=O)C(=O)N[C@@H](CC(C)C)C(=O)N[C@@H](C)C(=O)N[C@@H](CCC(N)=O)C(=O)N[C@H](C=O)CC(C)C. The van der Waals surface area contributed by atoms with Gasteiger partial charge in [-0.1, -0.05) is 59.7 Å². The molecule has 630 valence electrons. The Labute approximate surface area is 658 Å². The van der Waals surface area contributed by atoms with Gasteiger partial charge in [0.15, 0.2) is 0 Å². The number of benzene rings is 1. The van der Waals surface area contributed by atoms with Crippen molar-refractivity contribution in [2.75, 3.05) is 0 Å². The first-order valence-electron chi connectivity index (χ1n) is 37.4. The molecule has 18 amide bonds. The maximum atomic E-state index is 14.2. The average molecular weight is 1590 g/mol. The van der Waals surface area contributed by atoms with Crippen molar-refractivity contribution >= 4 is 124 Å². The van der Waals surface area contributed by atoms with Crippen LogP contribution in [-0.2, 0) is 97.5 Å². The second-order valence-electron chi connectivity index (χ2n) is 32.4. The number of primary amides is 3. The van der Waals surface area contributed by atoms with Crippen molar-refractivity contribution in [3.05, 3.63) is 36.0 Å². The molecule has 10 atom stereocenters. The van der Waals surface area contributed by atoms with E-state index in [9.17, 15) is 91.1 Å². The third-order valence-corrected chi connectivity index (χ3v) is 17.8. The normalized spacial score (nSPS) is 14.5. The van der Waals surface area contributed by atoms with Crippen LogP contribution in [0.1, 0.15) is 202 Å². The number of para-hydroxylation sites is 1. The van der Waals surface area contributed by atoms with Gasteiger partial charge >= 0.3 is 0 Å². The third kappa shape index (κ3) is 33.0. The van der Waals surface area contributed by atoms with Gasteiger partial charge in [-0.15, -0.1) is 0 Å². The number of aromatic nitrogens is 1. The van der Waals surface area contributed by atoms with Crippen LogP contribution in [0.5, 0.6) is 0 Å². The minimum absolute atomic E-state index is 0.00500. The van der Waals surface area contributed by atoms with Crippen molar-refractivity contribution in [1.82, 2.24) is 84.7 Å². The van der Waals surface area contributed by atoms with Crippen LogP contribution in [0.3, 0.4) is 0 Å². The number of rotatable bonds is 47. The van der Waals surface area contributed by atoms with Gasteiger partial charge in [-0.25, -0.2) is 0 Å². The smallest absolute Gasteiger partial charge is 0.246 e. The lowest BCUT2D eigenvalue weighted by Gasteiger charge is -2.35. The first-order valence-corrected chi connectivity index (χ1v) is 37.4. The van der Waals surface area contributed by atoms with Crippen LogP contribution in [0.25, 0.3) is 10.9 Å². The van der Waals surface area contributed by atoms with Gasteiger partial charge in [0.05, 0.1) is 6.04 Å². The van der Waals surface area contributed by atoms with Crippen LogP contribution in [-0.4, -0.2) is 206 Å². The number of amides is 18. The second kappa shape index (κ2) is 43.1. The number of hydrogen-bond donors (Lipinski definition) is 19. The highest BCUT2D eigenvalue weighted by Gasteiger charge is 2.44. The molecular weight excluding hydrogens is 1470 g/mol. The van der Waals surface area contributed by atoms with Crippen LogP contribution in [0.4, 0.5) is 0 Å². The van der Waals surface area contributed by atoms with Gasteiger partial charge in [-0.2, -0.15) is 0 Å². The fourth-order valence-electron chi connectivity index (χ4n) is 11.1. The fraction of sp³-hybridized carbons (Fsp3) is 0.640. The van der Waals surface area contributed by atoms with Crippen LogP contribution in [0.2, 0.25) is 0 Å². The van der Waals surface area contributed by atoms with Crippen molar-refractivity contribution in [2.45, 2.75) is 291 Å². The molecule has 0 fully saturated rings. The molecule has 1 heterocycles. The fourth-order valence-corrected chi connectivity index (χ4v) is 11.1. The molecule has 38 nitrogen and oxygen atoms in total. The van der Waals surface area contributed by atoms with Crippen LogP contribution < -0.4 is 97.0 Å². The molecule has 0 bridgehead atoms. The molecule has 0 spiro atoms. The number of H-pyrrole nitrogens is 1. The molecule has 1 aromatic heterocycles. The Morgan fingerprint density at radius 2 is 0.690 bits per heavy atom. The zero-order chi connectivity index (χ0) is 86.8. The maximum Gasteiger partial charge on any atom is 0.246 e. The molecule has 0 aliphatic carbocycles. The second-order valence-corrected chi connectivity index (χ2v) is 32.4. The van der Waals surface area contributed by atoms with Gasteiger partial charge in [0.2, 0.25) is 106 Å². The first kappa shape index (κ1) is 98.0. The standard InChI is InChI=1S/C75H121N19O19/c1-37(2)31-45(36-95)84-60(103)48(25-28-54(76)97)85-57(100)40(7)80-62(105)51(32-38(3)4)87-61(104)49(26-29-55(77)98)86-58(101)41(8)82-66(109)72(13,14)93-70(113)75(19,20)91-64(107)50(27-30-56(78)99)88-67(110)71(11,12)92-65(108)52(33-39(5)6)89-68(111)73(15,16)94-69(112)74(17,18)90-59(102)42(9)81-63(106)53(83-43(10)96)34-44-35-79-47-24-22-21-23-46(44)47/h21-24,35-42,45,48-53,79H,25-34H2,1-20H3,(H2,76,97)(H2,77,98)(H2,78,99)(H,80,105)(H,81,106)(H,82,109)(H,83,96)(H,84,103)(H,85,100)(H,86,101)(H,87,104)(H,88,110)(H,89,111)(H,90,102)(H,91,107)(H,92,108)(H,93,113)(H,94,112)/t40-,41-,42-,45-,48-,49-,50-,51-,52-,53-/m0/s1. The van der Waals surface area contributed by atoms with E-state index in [1.54, 1.807) is 33.9 Å². The highest BCUT2D eigenvalue weighted by atomic mass is 16.2. The molecule has 0 saturated carbocycles. The highest BCUT2D eigenvalue weighted by molar-refractivity contribution is 6.03. The van der Waals surface area contributed by atoms with Gasteiger partial charge in [0.1, 0.15) is 88.4 Å². The number of fused-ring (bicyclic) bond motifs is 1. The third-order valence-electron chi connectivity index (χ3n) is 17.8. The van der Waals surface area contributed by atoms with Crippen LogP contribution in [0, 0.1) is 17.8 Å². The van der Waals surface area contributed by atoms with Crippen molar-refractivity contribution in [2.24, 2.45) is 35.0 Å². The summed E-state index contributed by atoms with van der Waals surface area (Å²) in [4.78, 5) is 257. The van der Waals surface area contributed by atoms with Gasteiger partial charge in [-0.05, 0) is 158 Å². The summed E-state index contributed by atoms with van der Waals surface area (Å²) in [5.74, 6) is -16.2. The monoisotopic (exact) mass is 1590 g/mol. The van der Waals surface area contributed by atoms with Gasteiger partial charge in [0, 0.05) is 49.7 Å². The summed E-state index contributed by atoms with van der Waals surface area (Å²) in [5, 5.41) is 38.7. The van der Waals surface area contributed by atoms with Crippen molar-refractivity contribution in [1.29, 1.82) is 0 Å². The summed E-state index contributed by atoms with van der Waals surface area (Å²) in [6.07, 6.45) is 0.203. The lowest BCUT2D eigenvalue weighted by molar-refractivity contribution is -0.140. The Bertz CT molecular complexity index is 3830. The van der Waals surface area contributed by atoms with Crippen LogP contribution in [0.15, 0.2) is 30.5 Å². The topological polar surface area (TPSA) is 599 Å². The Kier molecular flexibility index (Phi) is 37.3. The number of nitrogens with one attached hydrogen (secondary N) is 16. The Hall–Kier alpha value is -11.1. The molecule has 1 aromatic carbocycles. The minimum Gasteiger partial charge on any atom is -0.370 e. The average Bonchev–Trinajstić information content (AvgIpc) is 1.81. The molecule has 0 saturated heterocycles. The lowest BCUT2D eigenvalue weighted by atomic mass is 9.96. The van der Waals surface area contributed by atoms with E-state index in [0.29, 0.717) is 6.29 Å². The Morgan fingerprint density at radius 3 is 1.12 bits per heavy atom. The molecular formula is C75H121N19O19. The van der Waals surface area contributed by atoms with E-state index in [-0.39, 0.29) is 56.3 Å². The summed E-state index contributed by atoms with van der Waals surface area (Å²) in [7, 11) is 0. The van der Waals surface area contributed by atoms with Crippen molar-refractivity contribution < 1.29 is 91.1 Å². The van der Waals surface area contributed by atoms with Crippen LogP contribution >= 0.6 is 0 Å². The summed E-state index contributed by atoms with van der Waals surface area (Å²) >= 11 is 0. The summed E-state index contributed by atoms with van der Waals surface area (Å²) in [6, 6.07) is -6.02. The number of aromatic amines is 1. The first-order chi connectivity index (χ1) is 51.9. The van der Waals surface area contributed by atoms with Gasteiger partial charge < -0.3 is 107 Å². The summed E-state index contributed by atoms with van der Waals surface area (Å²) in [5.41, 5.74) is 8.49. The highest BCUT2D eigenvalue weighted by Crippen LogP contribution is 2.21. The number of nitrogens with two attached hydrogens (primary N) is 3. The minimum atomic E-state index is -1.94. The largest absolute Gasteiger partial charge is 0.370 e. The molecule has 0 radical (unpaired) electrons. The van der Waals surface area contributed by atoms with E-state index >= 15 is 0 Å². The van der Waals surface area contributed by atoms with E-state index in [0.717, 1.165) is 16.5 Å². The number of carbonyl (C=O) groups is 19. The summed E-state index contributed by atoms with van der Waals surface area (Å²) in [6.45, 7) is 28.6. The predicted octanol–water partition coefficient (Wildman–Crippen LogP) is -2.75. The molecule has 38 heteroatoms. The molecule has 0 aliphatic heterocycles. The van der Waals surface area contributed by atoms with E-state index < -0.39 is 220 Å². The van der Waals surface area contributed by atoms with E-state index in [4.69, 9.17) is 17.2 Å². The van der Waals surface area contributed by atoms with E-state index in [1.807, 2.05) is 38.1 Å². The Balaban J connectivity index is 2.22. The van der Waals surface area contributed by atoms with Gasteiger partial charge in [0.25, 0.3) is 0 Å². The van der Waals surface area contributed by atoms with Crippen molar-refractivity contribution in [3.63, 3.8) is 0 Å². The molecule has 2 aromatic rings. The zero-order valence-electron chi connectivity index (χ0n) is 68.5. The van der Waals surface area contributed by atoms with E-state index in [2.05, 4.69) is 84.7 Å². The lowest BCUT2D eigenvalue weighted by Crippen LogP contribution is -2.67. The summed E-state index contributed by atoms with van der Waals surface area (Å²) < 4.78 is 0. The molecule has 0 unspecified atom stereocenters. The molecule has 113 heavy (non-hydrogen) atoms. The maximum absolute atomic E-state index is 14.2. The molecule has 22 N–H and O–H groups in total. The van der Waals surface area contributed by atoms with E-state index in [1.165, 1.54) is 96.9 Å². The number of carbonyl (C=O) groups excluding carboxylic acids is 19.